The van der Waals surface area contributed by atoms with Gasteiger partial charge in [0.1, 0.15) is 12.1 Å². The van der Waals surface area contributed by atoms with Gasteiger partial charge in [-0.05, 0) is 18.8 Å². The zero-order valence-corrected chi connectivity index (χ0v) is 12.6. The second kappa shape index (κ2) is 7.93. The Hall–Kier alpha value is -2.13. The van der Waals surface area contributed by atoms with E-state index in [4.69, 9.17) is 0 Å². The quantitative estimate of drug-likeness (QED) is 0.676. The maximum atomic E-state index is 12.2. The number of carbonyl (C=O) groups excluding carboxylic acids is 3. The molecular weight excluding hydrogens is 319 g/mol. The highest BCUT2D eigenvalue weighted by molar-refractivity contribution is 5.88. The number of esters is 1. The van der Waals surface area contributed by atoms with Crippen molar-refractivity contribution in [2.45, 2.75) is 38.0 Å². The van der Waals surface area contributed by atoms with Gasteiger partial charge in [0.15, 0.2) is 0 Å². The fourth-order valence-electron chi connectivity index (χ4n) is 2.02. The summed E-state index contributed by atoms with van der Waals surface area (Å²) in [4.78, 5) is 38.2. The predicted molar refractivity (Wildman–Crippen MR) is 73.7 cm³/mol. The van der Waals surface area contributed by atoms with Crippen LogP contribution in [-0.2, 0) is 19.1 Å². The van der Waals surface area contributed by atoms with Crippen molar-refractivity contribution < 1.29 is 32.3 Å². The number of carbonyl (C=O) groups is 3. The van der Waals surface area contributed by atoms with E-state index in [-0.39, 0.29) is 24.8 Å². The number of aliphatic imine (C=N–C) groups is 1. The van der Waals surface area contributed by atoms with Crippen LogP contribution in [0.15, 0.2) is 4.99 Å². The number of rotatable bonds is 6. The van der Waals surface area contributed by atoms with Crippen LogP contribution in [0.2, 0.25) is 0 Å². The van der Waals surface area contributed by atoms with Gasteiger partial charge in [0.25, 0.3) is 0 Å². The summed E-state index contributed by atoms with van der Waals surface area (Å²) in [5, 5.41) is 4.02. The minimum absolute atomic E-state index is 0.0383. The fourth-order valence-corrected chi connectivity index (χ4v) is 2.02. The molecule has 0 saturated heterocycles. The SMILES string of the molecule is COC(=O)[C@@H](CCNC(=O)[C@@H]1N=CC[C@H]1C)NC(=O)C(F)(F)F. The molecule has 0 aromatic rings. The monoisotopic (exact) mass is 337 g/mol. The van der Waals surface area contributed by atoms with Gasteiger partial charge in [-0.15, -0.1) is 0 Å². The molecule has 1 heterocycles. The molecule has 3 atom stereocenters. The first-order valence-corrected chi connectivity index (χ1v) is 6.91. The van der Waals surface area contributed by atoms with Crippen LogP contribution in [0.5, 0.6) is 0 Å². The second-order valence-corrected chi connectivity index (χ2v) is 5.12. The van der Waals surface area contributed by atoms with Gasteiger partial charge in [0, 0.05) is 12.8 Å². The van der Waals surface area contributed by atoms with Crippen LogP contribution in [0.1, 0.15) is 19.8 Å². The summed E-state index contributed by atoms with van der Waals surface area (Å²) in [6.45, 7) is 1.74. The molecule has 23 heavy (non-hydrogen) atoms. The smallest absolute Gasteiger partial charge is 0.467 e. The highest BCUT2D eigenvalue weighted by Crippen LogP contribution is 2.17. The highest BCUT2D eigenvalue weighted by Gasteiger charge is 2.41. The van der Waals surface area contributed by atoms with Crippen molar-refractivity contribution in [1.82, 2.24) is 10.6 Å². The number of hydrogen-bond acceptors (Lipinski definition) is 5. The van der Waals surface area contributed by atoms with E-state index >= 15 is 0 Å². The van der Waals surface area contributed by atoms with Gasteiger partial charge in [-0.3, -0.25) is 14.6 Å². The van der Waals surface area contributed by atoms with Crippen LogP contribution in [0, 0.1) is 5.92 Å². The van der Waals surface area contributed by atoms with Crippen LogP contribution in [0.4, 0.5) is 13.2 Å². The number of nitrogens with one attached hydrogen (secondary N) is 2. The molecule has 0 radical (unpaired) electrons. The summed E-state index contributed by atoms with van der Waals surface area (Å²) in [5.74, 6) is -3.61. The lowest BCUT2D eigenvalue weighted by atomic mass is 10.0. The van der Waals surface area contributed by atoms with Gasteiger partial charge in [-0.25, -0.2) is 4.79 Å². The Bertz CT molecular complexity index is 493. The van der Waals surface area contributed by atoms with Crippen molar-refractivity contribution in [1.29, 1.82) is 0 Å². The first-order chi connectivity index (χ1) is 10.7. The van der Waals surface area contributed by atoms with Gasteiger partial charge in [0.05, 0.1) is 7.11 Å². The molecule has 0 spiro atoms. The number of ether oxygens (including phenoxy) is 1. The fraction of sp³-hybridized carbons (Fsp3) is 0.692. The average Bonchev–Trinajstić information content (AvgIpc) is 2.90. The van der Waals surface area contributed by atoms with E-state index < -0.39 is 30.1 Å². The van der Waals surface area contributed by atoms with E-state index in [2.05, 4.69) is 15.0 Å². The molecule has 0 saturated carbocycles. The number of methoxy groups -OCH3 is 1. The lowest BCUT2D eigenvalue weighted by Crippen LogP contribution is -2.49. The normalized spacial score (nSPS) is 21.6. The molecule has 1 aliphatic heterocycles. The molecule has 2 amide bonds. The third-order valence-corrected chi connectivity index (χ3v) is 3.33. The van der Waals surface area contributed by atoms with Crippen molar-refractivity contribution in [3.05, 3.63) is 0 Å². The maximum Gasteiger partial charge on any atom is 0.471 e. The Morgan fingerprint density at radius 1 is 1.39 bits per heavy atom. The van der Waals surface area contributed by atoms with E-state index in [9.17, 15) is 27.6 Å². The number of halogens is 3. The van der Waals surface area contributed by atoms with Crippen LogP contribution in [-0.4, -0.2) is 55.9 Å². The Balaban J connectivity index is 2.51. The molecule has 1 aliphatic rings. The van der Waals surface area contributed by atoms with Gasteiger partial charge >= 0.3 is 18.1 Å². The number of amides is 2. The van der Waals surface area contributed by atoms with Crippen LogP contribution >= 0.6 is 0 Å². The number of alkyl halides is 3. The van der Waals surface area contributed by atoms with E-state index in [1.165, 1.54) is 0 Å². The summed E-state index contributed by atoms with van der Waals surface area (Å²) in [6.07, 6.45) is -3.03. The number of hydrogen-bond donors (Lipinski definition) is 2. The second-order valence-electron chi connectivity index (χ2n) is 5.12. The highest BCUT2D eigenvalue weighted by atomic mass is 19.4. The van der Waals surface area contributed by atoms with Crippen molar-refractivity contribution in [3.63, 3.8) is 0 Å². The number of nitrogens with zero attached hydrogens (tertiary/aromatic N) is 1. The Labute approximate surface area is 130 Å². The van der Waals surface area contributed by atoms with E-state index in [1.807, 2.05) is 6.92 Å². The van der Waals surface area contributed by atoms with Crippen molar-refractivity contribution in [3.8, 4) is 0 Å². The Kier molecular flexibility index (Phi) is 6.52. The van der Waals surface area contributed by atoms with Crippen LogP contribution < -0.4 is 10.6 Å². The van der Waals surface area contributed by atoms with E-state index in [0.29, 0.717) is 6.42 Å². The summed E-state index contributed by atoms with van der Waals surface area (Å²) in [6, 6.07) is -2.05. The van der Waals surface area contributed by atoms with E-state index in [0.717, 1.165) is 7.11 Å². The Morgan fingerprint density at radius 3 is 2.52 bits per heavy atom. The molecule has 1 rings (SSSR count). The van der Waals surface area contributed by atoms with Crippen molar-refractivity contribution in [2.24, 2.45) is 10.9 Å². The molecule has 7 nitrogen and oxygen atoms in total. The zero-order valence-electron chi connectivity index (χ0n) is 12.6. The third-order valence-electron chi connectivity index (χ3n) is 3.33. The molecule has 0 aromatic carbocycles. The largest absolute Gasteiger partial charge is 0.471 e. The van der Waals surface area contributed by atoms with Gasteiger partial charge in [0.2, 0.25) is 5.91 Å². The maximum absolute atomic E-state index is 12.2. The molecule has 0 unspecified atom stereocenters. The zero-order chi connectivity index (χ0) is 17.6. The van der Waals surface area contributed by atoms with Gasteiger partial charge in [-0.1, -0.05) is 6.92 Å². The topological polar surface area (TPSA) is 96.9 Å². The molecule has 0 aromatic heterocycles. The molecule has 0 bridgehead atoms. The van der Waals surface area contributed by atoms with Crippen LogP contribution in [0.25, 0.3) is 0 Å². The molecule has 0 aliphatic carbocycles. The lowest BCUT2D eigenvalue weighted by molar-refractivity contribution is -0.175. The molecule has 10 heteroatoms. The molecule has 2 N–H and O–H groups in total. The minimum Gasteiger partial charge on any atom is -0.467 e. The van der Waals surface area contributed by atoms with Gasteiger partial charge in [-0.2, -0.15) is 13.2 Å². The summed E-state index contributed by atoms with van der Waals surface area (Å²) in [5.41, 5.74) is 0. The minimum atomic E-state index is -5.11. The van der Waals surface area contributed by atoms with Crippen molar-refractivity contribution >= 4 is 24.0 Å². The first kappa shape index (κ1) is 18.9. The third kappa shape index (κ3) is 5.53. The lowest BCUT2D eigenvalue weighted by Gasteiger charge is -2.18. The standard InChI is InChI=1S/C13H18F3N3O4/c1-7-3-5-17-9(7)10(20)18-6-4-8(11(21)23-2)19-12(22)13(14,15)16/h5,7-9H,3-4,6H2,1-2H3,(H,18,20)(H,19,22)/t7-,8-,9-/m1/s1. The van der Waals surface area contributed by atoms with Crippen LogP contribution in [0.3, 0.4) is 0 Å². The summed E-state index contributed by atoms with van der Waals surface area (Å²) in [7, 11) is 0.989. The predicted octanol–water partition coefficient (Wildman–Crippen LogP) is 0.192. The van der Waals surface area contributed by atoms with Crippen molar-refractivity contribution in [2.75, 3.05) is 13.7 Å². The Morgan fingerprint density at radius 2 is 2.04 bits per heavy atom. The molecule has 0 fully saturated rings. The molecule has 130 valence electrons. The average molecular weight is 337 g/mol. The molecular formula is C13H18F3N3O4. The first-order valence-electron chi connectivity index (χ1n) is 6.91. The van der Waals surface area contributed by atoms with Gasteiger partial charge < -0.3 is 15.4 Å². The summed E-state index contributed by atoms with van der Waals surface area (Å²) < 4.78 is 41.0. The summed E-state index contributed by atoms with van der Waals surface area (Å²) >= 11 is 0. The van der Waals surface area contributed by atoms with E-state index in [1.54, 1.807) is 11.5 Å².